The van der Waals surface area contributed by atoms with E-state index in [1.165, 1.54) is 19.4 Å². The van der Waals surface area contributed by atoms with Gasteiger partial charge in [0.1, 0.15) is 17.2 Å². The molecular formula is C26H28FN7O4. The molecule has 12 heteroatoms. The fourth-order valence-corrected chi connectivity index (χ4v) is 4.59. The summed E-state index contributed by atoms with van der Waals surface area (Å²) in [4.78, 5) is 37.4. The minimum atomic E-state index is -0.526. The molecule has 1 aliphatic rings. The minimum absolute atomic E-state index is 0.0663. The molecule has 0 spiro atoms. The molecule has 1 unspecified atom stereocenters. The van der Waals surface area contributed by atoms with Gasteiger partial charge in [-0.3, -0.25) is 9.20 Å². The van der Waals surface area contributed by atoms with Crippen LogP contribution in [0, 0.1) is 18.7 Å². The number of fused-ring (bicyclic) bond motifs is 1. The van der Waals surface area contributed by atoms with Crippen molar-refractivity contribution >= 4 is 29.3 Å². The Morgan fingerprint density at radius 2 is 2.05 bits per heavy atom. The Bertz CT molecular complexity index is 1500. The summed E-state index contributed by atoms with van der Waals surface area (Å²) in [7, 11) is 1.36. The summed E-state index contributed by atoms with van der Waals surface area (Å²) in [5.41, 5.74) is 1.82. The van der Waals surface area contributed by atoms with Gasteiger partial charge in [-0.2, -0.15) is 4.98 Å². The molecule has 1 N–H and O–H groups in total. The lowest BCUT2D eigenvalue weighted by atomic mass is 10.00. The zero-order valence-electron chi connectivity index (χ0n) is 21.5. The molecule has 0 saturated carbocycles. The van der Waals surface area contributed by atoms with E-state index in [0.29, 0.717) is 42.5 Å². The first-order valence-corrected chi connectivity index (χ1v) is 12.2. The predicted molar refractivity (Wildman–Crippen MR) is 138 cm³/mol. The Kier molecular flexibility index (Phi) is 6.70. The summed E-state index contributed by atoms with van der Waals surface area (Å²) in [5, 5.41) is 6.92. The molecule has 11 nitrogen and oxygen atoms in total. The van der Waals surface area contributed by atoms with Crippen LogP contribution in [0.15, 0.2) is 47.2 Å². The van der Waals surface area contributed by atoms with E-state index in [2.05, 4.69) is 20.4 Å². The maximum Gasteiger partial charge on any atom is 0.409 e. The lowest BCUT2D eigenvalue weighted by Gasteiger charge is -2.42. The molecular weight excluding hydrogens is 493 g/mol. The lowest BCUT2D eigenvalue weighted by Crippen LogP contribution is -2.57. The second-order valence-corrected chi connectivity index (χ2v) is 9.48. The Labute approximate surface area is 218 Å². The summed E-state index contributed by atoms with van der Waals surface area (Å²) in [6, 6.07) is 8.24. The van der Waals surface area contributed by atoms with Crippen LogP contribution in [0.1, 0.15) is 29.9 Å². The van der Waals surface area contributed by atoms with E-state index >= 15 is 0 Å². The third kappa shape index (κ3) is 4.64. The molecule has 38 heavy (non-hydrogen) atoms. The number of aromatic nitrogens is 4. The molecule has 5 rings (SSSR count). The molecule has 0 aliphatic carbocycles. The van der Waals surface area contributed by atoms with Gasteiger partial charge in [-0.15, -0.1) is 0 Å². The number of nitrogens with zero attached hydrogens (tertiary/aromatic N) is 6. The summed E-state index contributed by atoms with van der Waals surface area (Å²) >= 11 is 0. The van der Waals surface area contributed by atoms with Crippen molar-refractivity contribution in [1.29, 1.82) is 0 Å². The van der Waals surface area contributed by atoms with Gasteiger partial charge in [-0.1, -0.05) is 19.9 Å². The highest BCUT2D eigenvalue weighted by atomic mass is 19.1. The van der Waals surface area contributed by atoms with Crippen LogP contribution in [0.3, 0.4) is 0 Å². The highest BCUT2D eigenvalue weighted by Gasteiger charge is 2.34. The monoisotopic (exact) mass is 521 g/mol. The van der Waals surface area contributed by atoms with Crippen LogP contribution in [0.5, 0.6) is 0 Å². The Balaban J connectivity index is 1.40. The largest absolute Gasteiger partial charge is 0.453 e. The summed E-state index contributed by atoms with van der Waals surface area (Å²) in [6.45, 7) is 7.06. The number of hydrogen-bond acceptors (Lipinski definition) is 8. The molecule has 4 aromatic rings. The van der Waals surface area contributed by atoms with Gasteiger partial charge in [0.25, 0.3) is 17.7 Å². The van der Waals surface area contributed by atoms with Crippen molar-refractivity contribution in [3.63, 3.8) is 0 Å². The topological polar surface area (TPSA) is 118 Å². The van der Waals surface area contributed by atoms with E-state index in [0.717, 1.165) is 0 Å². The number of rotatable bonds is 5. The molecule has 1 aliphatic heterocycles. The maximum atomic E-state index is 14.9. The van der Waals surface area contributed by atoms with Gasteiger partial charge < -0.3 is 24.4 Å². The van der Waals surface area contributed by atoms with E-state index in [-0.39, 0.29) is 35.2 Å². The fraction of sp³-hybridized carbons (Fsp3) is 0.346. The number of carbonyl (C=O) groups is 2. The van der Waals surface area contributed by atoms with Gasteiger partial charge in [0.2, 0.25) is 0 Å². The summed E-state index contributed by atoms with van der Waals surface area (Å²) < 4.78 is 27.0. The maximum absolute atomic E-state index is 14.9. The number of pyridine rings is 1. The zero-order chi connectivity index (χ0) is 27.0. The number of piperazine rings is 1. The van der Waals surface area contributed by atoms with Gasteiger partial charge in [0, 0.05) is 42.6 Å². The highest BCUT2D eigenvalue weighted by molar-refractivity contribution is 6.04. The fourth-order valence-electron chi connectivity index (χ4n) is 4.59. The first-order chi connectivity index (χ1) is 18.3. The van der Waals surface area contributed by atoms with Gasteiger partial charge in [-0.05, 0) is 42.3 Å². The van der Waals surface area contributed by atoms with Crippen LogP contribution in [0.4, 0.5) is 20.8 Å². The molecule has 0 radical (unpaired) electrons. The summed E-state index contributed by atoms with van der Waals surface area (Å²) in [5.74, 6) is -0.314. The average molecular weight is 522 g/mol. The van der Waals surface area contributed by atoms with Gasteiger partial charge >= 0.3 is 6.09 Å². The first-order valence-electron chi connectivity index (χ1n) is 12.2. The molecule has 0 bridgehead atoms. The molecule has 1 atom stereocenters. The molecule has 1 aromatic carbocycles. The van der Waals surface area contributed by atoms with Crippen molar-refractivity contribution in [2.75, 3.05) is 37.0 Å². The van der Waals surface area contributed by atoms with E-state index < -0.39 is 11.7 Å². The number of anilines is 2. The van der Waals surface area contributed by atoms with Crippen molar-refractivity contribution < 1.29 is 23.2 Å². The molecule has 198 valence electrons. The number of nitrogens with one attached hydrogen (secondary N) is 1. The summed E-state index contributed by atoms with van der Waals surface area (Å²) in [6.07, 6.45) is 2.82. The number of benzene rings is 1. The van der Waals surface area contributed by atoms with E-state index in [4.69, 9.17) is 9.26 Å². The number of hydrogen-bond donors (Lipinski definition) is 1. The van der Waals surface area contributed by atoms with Crippen LogP contribution in [-0.4, -0.2) is 69.2 Å². The number of amides is 2. The second-order valence-electron chi connectivity index (χ2n) is 9.48. The van der Waals surface area contributed by atoms with Crippen molar-refractivity contribution in [2.45, 2.75) is 26.8 Å². The third-order valence-corrected chi connectivity index (χ3v) is 6.78. The van der Waals surface area contributed by atoms with Crippen LogP contribution < -0.4 is 10.2 Å². The first kappa shape index (κ1) is 25.2. The molecule has 3 aromatic heterocycles. The number of carbonyl (C=O) groups excluding carboxylic acids is 2. The van der Waals surface area contributed by atoms with Gasteiger partial charge in [0.05, 0.1) is 19.3 Å². The van der Waals surface area contributed by atoms with E-state index in [9.17, 15) is 14.0 Å². The van der Waals surface area contributed by atoms with Crippen molar-refractivity contribution in [3.05, 3.63) is 59.8 Å². The highest BCUT2D eigenvalue weighted by Crippen LogP contribution is 2.30. The van der Waals surface area contributed by atoms with Crippen LogP contribution in [0.25, 0.3) is 17.1 Å². The normalized spacial score (nSPS) is 15.8. The second kappa shape index (κ2) is 10.1. The third-order valence-electron chi connectivity index (χ3n) is 6.78. The van der Waals surface area contributed by atoms with Crippen molar-refractivity contribution in [1.82, 2.24) is 24.4 Å². The lowest BCUT2D eigenvalue weighted by molar-refractivity contribution is 0.102. The Hall–Kier alpha value is -4.48. The van der Waals surface area contributed by atoms with Crippen LogP contribution in [-0.2, 0) is 4.74 Å². The minimum Gasteiger partial charge on any atom is -0.453 e. The molecule has 4 heterocycles. The van der Waals surface area contributed by atoms with E-state index in [1.807, 2.05) is 24.8 Å². The Morgan fingerprint density at radius 3 is 2.82 bits per heavy atom. The zero-order valence-corrected chi connectivity index (χ0v) is 21.5. The number of halogens is 1. The van der Waals surface area contributed by atoms with E-state index in [1.54, 1.807) is 40.6 Å². The predicted octanol–water partition coefficient (Wildman–Crippen LogP) is 4.00. The van der Waals surface area contributed by atoms with Crippen LogP contribution >= 0.6 is 0 Å². The van der Waals surface area contributed by atoms with Crippen LogP contribution in [0.2, 0.25) is 0 Å². The standard InChI is InChI=1S/C26H28FN7O4/c1-15(2)21-14-32(26(36)37-4)9-10-34(21)25-30-24(38-31-25)17-11-18(27)16(3)19(12-17)29-23(35)20-13-28-22-7-5-6-8-33(20)22/h5-8,11-13,15,21H,9-10,14H2,1-4H3,(H,29,35). The smallest absolute Gasteiger partial charge is 0.409 e. The molecule has 2 amide bonds. The molecule has 1 saturated heterocycles. The average Bonchev–Trinajstić information content (AvgIpc) is 3.58. The van der Waals surface area contributed by atoms with Crippen molar-refractivity contribution in [3.8, 4) is 11.5 Å². The molecule has 1 fully saturated rings. The Morgan fingerprint density at radius 1 is 1.24 bits per heavy atom. The van der Waals surface area contributed by atoms with Crippen molar-refractivity contribution in [2.24, 2.45) is 5.92 Å². The quantitative estimate of drug-likeness (QED) is 0.419. The SMILES string of the molecule is COC(=O)N1CCN(c2noc(-c3cc(F)c(C)c(NC(=O)c4cnc5ccccn45)c3)n2)C(C(C)C)C1. The number of imidazole rings is 1. The van der Waals surface area contributed by atoms with Gasteiger partial charge in [0.15, 0.2) is 0 Å². The number of ether oxygens (including phenoxy) is 1. The number of methoxy groups -OCH3 is 1. The van der Waals surface area contributed by atoms with Gasteiger partial charge in [-0.25, -0.2) is 14.2 Å².